The monoisotopic (exact) mass is 392 g/mol. The van der Waals surface area contributed by atoms with E-state index in [9.17, 15) is 4.79 Å². The van der Waals surface area contributed by atoms with E-state index in [-0.39, 0.29) is 12.0 Å². The van der Waals surface area contributed by atoms with Crippen LogP contribution in [0.5, 0.6) is 11.5 Å². The van der Waals surface area contributed by atoms with Gasteiger partial charge in [-0.15, -0.1) is 0 Å². The Balaban J connectivity index is 1.55. The quantitative estimate of drug-likeness (QED) is 0.716. The third-order valence-electron chi connectivity index (χ3n) is 5.88. The Hall–Kier alpha value is -2.82. The van der Waals surface area contributed by atoms with Gasteiger partial charge in [0.05, 0.1) is 19.8 Å². The lowest BCUT2D eigenvalue weighted by atomic mass is 9.79. The molecule has 0 radical (unpaired) electrons. The summed E-state index contributed by atoms with van der Waals surface area (Å²) in [6.45, 7) is 2.54. The number of carbonyl (C=O) groups excluding carboxylic acids is 1. The summed E-state index contributed by atoms with van der Waals surface area (Å²) in [7, 11) is 1.66. The second kappa shape index (κ2) is 8.27. The van der Waals surface area contributed by atoms with E-state index in [0.29, 0.717) is 13.0 Å². The molecule has 5 nitrogen and oxygen atoms in total. The fraction of sp³-hybridized carbons (Fsp3) is 0.417. The van der Waals surface area contributed by atoms with Crippen LogP contribution in [-0.2, 0) is 16.8 Å². The first-order valence-corrected chi connectivity index (χ1v) is 10.3. The molecule has 1 heterocycles. The van der Waals surface area contributed by atoms with Gasteiger partial charge in [0, 0.05) is 18.1 Å². The smallest absolute Gasteiger partial charge is 0.244 e. The van der Waals surface area contributed by atoms with E-state index in [0.717, 1.165) is 35.5 Å². The van der Waals surface area contributed by atoms with Gasteiger partial charge >= 0.3 is 0 Å². The molecule has 2 aromatic rings. The number of rotatable bonds is 6. The summed E-state index contributed by atoms with van der Waals surface area (Å²) in [5, 5.41) is 6.05. The number of hydrogen-bond donors (Lipinski definition) is 0. The first-order chi connectivity index (χ1) is 14.1. The van der Waals surface area contributed by atoms with Gasteiger partial charge in [-0.05, 0) is 55.9 Å². The van der Waals surface area contributed by atoms with Crippen molar-refractivity contribution in [2.45, 2.75) is 57.1 Å². The maximum absolute atomic E-state index is 12.8. The van der Waals surface area contributed by atoms with E-state index in [1.807, 2.05) is 54.7 Å². The molecule has 1 aliphatic carbocycles. The largest absolute Gasteiger partial charge is 0.493 e. The van der Waals surface area contributed by atoms with Gasteiger partial charge < -0.3 is 9.47 Å². The molecule has 1 atom stereocenters. The van der Waals surface area contributed by atoms with Crippen LogP contribution in [0, 0.1) is 0 Å². The number of methoxy groups -OCH3 is 1. The Morgan fingerprint density at radius 3 is 2.55 bits per heavy atom. The van der Waals surface area contributed by atoms with Crippen LogP contribution >= 0.6 is 0 Å². The average molecular weight is 392 g/mol. The highest BCUT2D eigenvalue weighted by molar-refractivity contribution is 5.89. The minimum absolute atomic E-state index is 0.0212. The Morgan fingerprint density at radius 1 is 1.10 bits per heavy atom. The Morgan fingerprint density at radius 2 is 1.86 bits per heavy atom. The van der Waals surface area contributed by atoms with Gasteiger partial charge in [-0.1, -0.05) is 36.4 Å². The molecule has 29 heavy (non-hydrogen) atoms. The molecule has 1 amide bonds. The van der Waals surface area contributed by atoms with Gasteiger partial charge in [0.25, 0.3) is 0 Å². The van der Waals surface area contributed by atoms with Crippen LogP contribution < -0.4 is 9.47 Å². The maximum atomic E-state index is 12.8. The van der Waals surface area contributed by atoms with E-state index in [1.165, 1.54) is 12.8 Å². The van der Waals surface area contributed by atoms with Crippen LogP contribution in [0.4, 0.5) is 0 Å². The highest BCUT2D eigenvalue weighted by atomic mass is 16.5. The molecule has 1 saturated carbocycles. The molecule has 152 valence electrons. The number of hydrogen-bond acceptors (Lipinski definition) is 4. The van der Waals surface area contributed by atoms with Gasteiger partial charge in [-0.2, -0.15) is 5.10 Å². The molecular formula is C24H28N2O3. The summed E-state index contributed by atoms with van der Waals surface area (Å²) >= 11 is 0. The van der Waals surface area contributed by atoms with Gasteiger partial charge in [0.2, 0.25) is 5.91 Å². The molecule has 0 N–H and O–H groups in total. The molecule has 1 aliphatic heterocycles. The summed E-state index contributed by atoms with van der Waals surface area (Å²) in [6, 6.07) is 15.9. The fourth-order valence-electron chi connectivity index (χ4n) is 4.08. The molecule has 2 aromatic carbocycles. The predicted octanol–water partition coefficient (Wildman–Crippen LogP) is 4.69. The third kappa shape index (κ3) is 4.29. The van der Waals surface area contributed by atoms with E-state index in [1.54, 1.807) is 12.1 Å². The lowest BCUT2D eigenvalue weighted by Gasteiger charge is -2.33. The molecule has 0 bridgehead atoms. The first kappa shape index (κ1) is 19.5. The zero-order chi connectivity index (χ0) is 20.3. The predicted molar refractivity (Wildman–Crippen MR) is 113 cm³/mol. The molecule has 1 fully saturated rings. The number of benzene rings is 2. The van der Waals surface area contributed by atoms with Crippen molar-refractivity contribution in [2.75, 3.05) is 7.11 Å². The number of ether oxygens (including phenoxy) is 2. The topological polar surface area (TPSA) is 51.1 Å². The minimum Gasteiger partial charge on any atom is -0.493 e. The van der Waals surface area contributed by atoms with Crippen LogP contribution in [-0.4, -0.2) is 30.3 Å². The SMILES string of the molecule is COc1ccc(C2(C)C=NN(Cc3ccccc3)C(=O)C2)cc1OC1CCCC1. The number of amides is 1. The number of hydrazone groups is 1. The van der Waals surface area contributed by atoms with Crippen molar-refractivity contribution < 1.29 is 14.3 Å². The van der Waals surface area contributed by atoms with Crippen molar-refractivity contribution in [1.29, 1.82) is 0 Å². The van der Waals surface area contributed by atoms with Crippen LogP contribution in [0.15, 0.2) is 53.6 Å². The molecule has 1 unspecified atom stereocenters. The molecule has 0 aromatic heterocycles. The number of nitrogens with zero attached hydrogens (tertiary/aromatic N) is 2. The van der Waals surface area contributed by atoms with Crippen molar-refractivity contribution >= 4 is 12.1 Å². The number of carbonyl (C=O) groups is 1. The Bertz CT molecular complexity index is 890. The Labute approximate surface area is 172 Å². The summed E-state index contributed by atoms with van der Waals surface area (Å²) in [4.78, 5) is 12.8. The molecule has 5 heteroatoms. The van der Waals surface area contributed by atoms with Gasteiger partial charge in [0.15, 0.2) is 11.5 Å². The van der Waals surface area contributed by atoms with E-state index in [4.69, 9.17) is 9.47 Å². The van der Waals surface area contributed by atoms with Crippen molar-refractivity contribution in [3.63, 3.8) is 0 Å². The van der Waals surface area contributed by atoms with E-state index < -0.39 is 5.41 Å². The normalized spacial score (nSPS) is 22.1. The second-order valence-corrected chi connectivity index (χ2v) is 8.17. The maximum Gasteiger partial charge on any atom is 0.244 e. The highest BCUT2D eigenvalue weighted by Gasteiger charge is 2.35. The summed E-state index contributed by atoms with van der Waals surface area (Å²) < 4.78 is 11.7. The van der Waals surface area contributed by atoms with Gasteiger partial charge in [-0.25, -0.2) is 5.01 Å². The van der Waals surface area contributed by atoms with Crippen molar-refractivity contribution in [1.82, 2.24) is 5.01 Å². The molecule has 4 rings (SSSR count). The average Bonchev–Trinajstić information content (AvgIpc) is 3.24. The summed E-state index contributed by atoms with van der Waals surface area (Å²) in [6.07, 6.45) is 7.09. The molecule has 2 aliphatic rings. The summed E-state index contributed by atoms with van der Waals surface area (Å²) in [5.41, 5.74) is 1.62. The van der Waals surface area contributed by atoms with Gasteiger partial charge in [-0.3, -0.25) is 4.79 Å². The van der Waals surface area contributed by atoms with E-state index >= 15 is 0 Å². The highest BCUT2D eigenvalue weighted by Crippen LogP contribution is 2.38. The fourth-order valence-corrected chi connectivity index (χ4v) is 4.08. The van der Waals surface area contributed by atoms with Crippen LogP contribution in [0.25, 0.3) is 0 Å². The third-order valence-corrected chi connectivity index (χ3v) is 5.88. The lowest BCUT2D eigenvalue weighted by molar-refractivity contribution is -0.133. The van der Waals surface area contributed by atoms with Crippen LogP contribution in [0.2, 0.25) is 0 Å². The Kier molecular flexibility index (Phi) is 5.56. The van der Waals surface area contributed by atoms with Crippen molar-refractivity contribution in [2.24, 2.45) is 5.10 Å². The minimum atomic E-state index is -0.468. The molecule has 0 saturated heterocycles. The van der Waals surface area contributed by atoms with Crippen molar-refractivity contribution in [3.05, 3.63) is 59.7 Å². The zero-order valence-electron chi connectivity index (χ0n) is 17.1. The summed E-state index contributed by atoms with van der Waals surface area (Å²) in [5.74, 6) is 1.51. The van der Waals surface area contributed by atoms with Crippen LogP contribution in [0.3, 0.4) is 0 Å². The standard InChI is InChI=1S/C24H28N2O3/c1-24(15-23(27)26(25-17-24)16-18-8-4-3-5-9-18)19-12-13-21(28-2)22(14-19)29-20-10-6-7-11-20/h3-5,8-9,12-14,17,20H,6-7,10-11,15-16H2,1-2H3. The second-order valence-electron chi connectivity index (χ2n) is 8.17. The lowest BCUT2D eigenvalue weighted by Crippen LogP contribution is -2.40. The van der Waals surface area contributed by atoms with E-state index in [2.05, 4.69) is 12.0 Å². The van der Waals surface area contributed by atoms with Crippen LogP contribution in [0.1, 0.15) is 50.2 Å². The zero-order valence-corrected chi connectivity index (χ0v) is 17.1. The molecular weight excluding hydrogens is 364 g/mol. The van der Waals surface area contributed by atoms with Crippen molar-refractivity contribution in [3.8, 4) is 11.5 Å². The van der Waals surface area contributed by atoms with Gasteiger partial charge in [0.1, 0.15) is 0 Å². The first-order valence-electron chi connectivity index (χ1n) is 10.3. The molecule has 0 spiro atoms.